The van der Waals surface area contributed by atoms with Gasteiger partial charge in [-0.3, -0.25) is 4.79 Å². The van der Waals surface area contributed by atoms with Gasteiger partial charge >= 0.3 is 0 Å². The number of hydrogen-bond donors (Lipinski definition) is 0. The molecule has 0 aromatic carbocycles. The summed E-state index contributed by atoms with van der Waals surface area (Å²) in [7, 11) is 2.19. The van der Waals surface area contributed by atoms with E-state index in [1.807, 2.05) is 12.1 Å². The molecule has 1 amide bonds. The Bertz CT molecular complexity index is 600. The first-order valence-corrected chi connectivity index (χ1v) is 9.54. The van der Waals surface area contributed by atoms with Gasteiger partial charge in [0.15, 0.2) is 0 Å². The van der Waals surface area contributed by atoms with Crippen molar-refractivity contribution < 1.29 is 9.53 Å². The van der Waals surface area contributed by atoms with E-state index in [4.69, 9.17) is 4.74 Å². The van der Waals surface area contributed by atoms with Crippen LogP contribution in [0.4, 0.5) is 5.82 Å². The number of rotatable bonds is 3. The van der Waals surface area contributed by atoms with Gasteiger partial charge in [0.05, 0.1) is 18.8 Å². The lowest BCUT2D eigenvalue weighted by Crippen LogP contribution is -2.47. The van der Waals surface area contributed by atoms with Crippen molar-refractivity contribution in [1.29, 1.82) is 0 Å². The highest BCUT2D eigenvalue weighted by Gasteiger charge is 2.38. The topological polar surface area (TPSA) is 48.9 Å². The Labute approximate surface area is 149 Å². The summed E-state index contributed by atoms with van der Waals surface area (Å²) < 4.78 is 5.39. The van der Waals surface area contributed by atoms with Crippen LogP contribution in [0.25, 0.3) is 0 Å². The van der Waals surface area contributed by atoms with Crippen LogP contribution in [0.5, 0.6) is 0 Å². The first-order chi connectivity index (χ1) is 12.2. The second kappa shape index (κ2) is 7.30. The number of carbonyl (C=O) groups is 1. The molecule has 0 bridgehead atoms. The Morgan fingerprint density at radius 3 is 2.52 bits per heavy atom. The van der Waals surface area contributed by atoms with Crippen molar-refractivity contribution in [2.24, 2.45) is 0 Å². The Kier molecular flexibility index (Phi) is 4.90. The first-order valence-electron chi connectivity index (χ1n) is 9.54. The SMILES string of the molecule is CN1CCC[C@H]1[C@@H]1CCCN1C(=O)c1ccc(N2CCOCC2)nc1. The summed E-state index contributed by atoms with van der Waals surface area (Å²) in [5, 5.41) is 0. The van der Waals surface area contributed by atoms with E-state index in [2.05, 4.69) is 26.7 Å². The number of hydrogen-bond acceptors (Lipinski definition) is 5. The van der Waals surface area contributed by atoms with E-state index in [0.717, 1.165) is 58.1 Å². The van der Waals surface area contributed by atoms with E-state index < -0.39 is 0 Å². The van der Waals surface area contributed by atoms with Crippen LogP contribution in [0.1, 0.15) is 36.0 Å². The molecule has 0 aliphatic carbocycles. The number of pyridine rings is 1. The molecule has 6 heteroatoms. The maximum Gasteiger partial charge on any atom is 0.255 e. The van der Waals surface area contributed by atoms with Gasteiger partial charge in [0.2, 0.25) is 0 Å². The fourth-order valence-electron chi connectivity index (χ4n) is 4.52. The van der Waals surface area contributed by atoms with Gasteiger partial charge in [-0.15, -0.1) is 0 Å². The Hall–Kier alpha value is -1.66. The number of carbonyl (C=O) groups excluding carboxylic acids is 1. The van der Waals surface area contributed by atoms with Crippen molar-refractivity contribution in [1.82, 2.24) is 14.8 Å². The second-order valence-corrected chi connectivity index (χ2v) is 7.40. The van der Waals surface area contributed by atoms with Gasteiger partial charge in [-0.05, 0) is 51.4 Å². The van der Waals surface area contributed by atoms with E-state index in [1.165, 1.54) is 12.8 Å². The summed E-state index contributed by atoms with van der Waals surface area (Å²) in [6, 6.07) is 4.80. The third-order valence-electron chi connectivity index (χ3n) is 5.91. The summed E-state index contributed by atoms with van der Waals surface area (Å²) in [5.74, 6) is 1.08. The largest absolute Gasteiger partial charge is 0.378 e. The maximum atomic E-state index is 13.0. The Morgan fingerprint density at radius 2 is 1.84 bits per heavy atom. The molecule has 3 fully saturated rings. The van der Waals surface area contributed by atoms with Crippen molar-refractivity contribution >= 4 is 11.7 Å². The minimum Gasteiger partial charge on any atom is -0.378 e. The highest BCUT2D eigenvalue weighted by molar-refractivity contribution is 5.94. The van der Waals surface area contributed by atoms with Crippen LogP contribution in [0.15, 0.2) is 18.3 Å². The van der Waals surface area contributed by atoms with E-state index in [-0.39, 0.29) is 5.91 Å². The number of likely N-dealkylation sites (tertiary alicyclic amines) is 2. The van der Waals surface area contributed by atoms with Gasteiger partial charge in [0, 0.05) is 37.9 Å². The standard InChI is InChI=1S/C19H28N4O2/c1-21-8-2-4-16(21)17-5-3-9-23(17)19(24)15-6-7-18(20-14-15)22-10-12-25-13-11-22/h6-7,14,16-17H,2-5,8-13H2,1H3/t16-,17-/m0/s1. The zero-order valence-electron chi connectivity index (χ0n) is 15.1. The predicted octanol–water partition coefficient (Wildman–Crippen LogP) is 1.62. The normalized spacial score (nSPS) is 27.9. The average Bonchev–Trinajstić information content (AvgIpc) is 3.30. The van der Waals surface area contributed by atoms with Gasteiger partial charge in [0.25, 0.3) is 5.91 Å². The smallest absolute Gasteiger partial charge is 0.255 e. The van der Waals surface area contributed by atoms with E-state index in [9.17, 15) is 4.79 Å². The van der Waals surface area contributed by atoms with Crippen LogP contribution in [0.2, 0.25) is 0 Å². The summed E-state index contributed by atoms with van der Waals surface area (Å²) in [6.45, 7) is 5.24. The van der Waals surface area contributed by atoms with Crippen molar-refractivity contribution in [2.75, 3.05) is 51.3 Å². The molecular formula is C19H28N4O2. The molecule has 0 spiro atoms. The molecule has 0 saturated carbocycles. The molecule has 4 heterocycles. The first kappa shape index (κ1) is 16.8. The number of likely N-dealkylation sites (N-methyl/N-ethyl adjacent to an activating group) is 1. The molecule has 6 nitrogen and oxygen atoms in total. The lowest BCUT2D eigenvalue weighted by Gasteiger charge is -2.33. The van der Waals surface area contributed by atoms with Gasteiger partial charge in [-0.1, -0.05) is 0 Å². The summed E-state index contributed by atoms with van der Waals surface area (Å²) in [6.07, 6.45) is 6.44. The summed E-state index contributed by atoms with van der Waals surface area (Å²) in [5.41, 5.74) is 0.713. The van der Waals surface area contributed by atoms with E-state index in [0.29, 0.717) is 17.6 Å². The molecule has 1 aromatic rings. The minimum atomic E-state index is 0.142. The monoisotopic (exact) mass is 344 g/mol. The minimum absolute atomic E-state index is 0.142. The third-order valence-corrected chi connectivity index (χ3v) is 5.91. The second-order valence-electron chi connectivity index (χ2n) is 7.40. The zero-order chi connectivity index (χ0) is 17.2. The van der Waals surface area contributed by atoms with E-state index in [1.54, 1.807) is 6.20 Å². The third kappa shape index (κ3) is 3.37. The van der Waals surface area contributed by atoms with Crippen LogP contribution in [-0.4, -0.2) is 79.2 Å². The lowest BCUT2D eigenvalue weighted by atomic mass is 10.0. The number of anilines is 1. The number of nitrogens with zero attached hydrogens (tertiary/aromatic N) is 4. The zero-order valence-corrected chi connectivity index (χ0v) is 15.1. The van der Waals surface area contributed by atoms with Crippen LogP contribution in [0.3, 0.4) is 0 Å². The van der Waals surface area contributed by atoms with E-state index >= 15 is 0 Å². The Balaban J connectivity index is 1.46. The molecule has 136 valence electrons. The fraction of sp³-hybridized carbons (Fsp3) is 0.684. The van der Waals surface area contributed by atoms with Crippen molar-refractivity contribution in [2.45, 2.75) is 37.8 Å². The number of amides is 1. The molecule has 4 rings (SSSR count). The molecule has 2 atom stereocenters. The van der Waals surface area contributed by atoms with Crippen molar-refractivity contribution in [3.05, 3.63) is 23.9 Å². The van der Waals surface area contributed by atoms with Crippen LogP contribution in [0, 0.1) is 0 Å². The Morgan fingerprint density at radius 1 is 1.08 bits per heavy atom. The quantitative estimate of drug-likeness (QED) is 0.834. The molecule has 3 saturated heterocycles. The van der Waals surface area contributed by atoms with Crippen LogP contribution >= 0.6 is 0 Å². The molecule has 25 heavy (non-hydrogen) atoms. The molecule has 3 aliphatic rings. The highest BCUT2D eigenvalue weighted by atomic mass is 16.5. The van der Waals surface area contributed by atoms with Gasteiger partial charge in [-0.2, -0.15) is 0 Å². The lowest BCUT2D eigenvalue weighted by molar-refractivity contribution is 0.0664. The molecule has 0 N–H and O–H groups in total. The number of morpholine rings is 1. The molecule has 0 radical (unpaired) electrons. The molecule has 3 aliphatic heterocycles. The van der Waals surface area contributed by atoms with Crippen molar-refractivity contribution in [3.8, 4) is 0 Å². The van der Waals surface area contributed by atoms with Gasteiger partial charge in [-0.25, -0.2) is 4.98 Å². The fourth-order valence-corrected chi connectivity index (χ4v) is 4.52. The van der Waals surface area contributed by atoms with Gasteiger partial charge in [0.1, 0.15) is 5.82 Å². The molecule has 0 unspecified atom stereocenters. The van der Waals surface area contributed by atoms with Crippen LogP contribution in [-0.2, 0) is 4.74 Å². The van der Waals surface area contributed by atoms with Crippen molar-refractivity contribution in [3.63, 3.8) is 0 Å². The van der Waals surface area contributed by atoms with Gasteiger partial charge < -0.3 is 19.4 Å². The molecular weight excluding hydrogens is 316 g/mol. The summed E-state index contributed by atoms with van der Waals surface area (Å²) in [4.78, 5) is 24.3. The maximum absolute atomic E-state index is 13.0. The number of aromatic nitrogens is 1. The highest BCUT2D eigenvalue weighted by Crippen LogP contribution is 2.30. The summed E-state index contributed by atoms with van der Waals surface area (Å²) >= 11 is 0. The van der Waals surface area contributed by atoms with Crippen LogP contribution < -0.4 is 4.90 Å². The molecule has 1 aromatic heterocycles. The number of ether oxygens (including phenoxy) is 1. The average molecular weight is 344 g/mol. The predicted molar refractivity (Wildman–Crippen MR) is 97.0 cm³/mol.